The molecule has 1 aromatic heterocycles. The van der Waals surface area contributed by atoms with Gasteiger partial charge in [-0.05, 0) is 56.7 Å². The third kappa shape index (κ3) is 5.73. The maximum absolute atomic E-state index is 13.7. The molecular weight excluding hydrogens is 458 g/mol. The van der Waals surface area contributed by atoms with Crippen LogP contribution in [0, 0.1) is 5.92 Å². The van der Waals surface area contributed by atoms with Crippen LogP contribution in [0.2, 0.25) is 0 Å². The van der Waals surface area contributed by atoms with Crippen LogP contribution in [-0.2, 0) is 11.3 Å². The van der Waals surface area contributed by atoms with Crippen LogP contribution >= 0.6 is 0 Å². The smallest absolute Gasteiger partial charge is 0.330 e. The zero-order valence-electron chi connectivity index (χ0n) is 21.2. The number of anilines is 2. The molecule has 4 rings (SSSR count). The lowest BCUT2D eigenvalue weighted by atomic mass is 9.87. The number of aromatic amines is 1. The van der Waals surface area contributed by atoms with Crippen LogP contribution in [0.25, 0.3) is 0 Å². The second-order valence-corrected chi connectivity index (χ2v) is 10.2. The van der Waals surface area contributed by atoms with Gasteiger partial charge in [-0.25, -0.2) is 4.79 Å². The number of aliphatic hydroxyl groups excluding tert-OH is 1. The van der Waals surface area contributed by atoms with Crippen LogP contribution < -0.4 is 21.9 Å². The number of nitrogen functional groups attached to an aromatic ring is 1. The predicted molar refractivity (Wildman–Crippen MR) is 141 cm³/mol. The fraction of sp³-hybridized carbons (Fsp3) is 0.593. The SMILES string of the molecule is CCCCn1c(N)c(N(C(=O)CN2CCC([C@H](O)c3ccccc3)CC2)C2CCCC2)c(=O)[nH]c1=O. The fourth-order valence-electron chi connectivity index (χ4n) is 5.64. The molecule has 2 aromatic rings. The molecule has 4 N–H and O–H groups in total. The number of amides is 1. The van der Waals surface area contributed by atoms with Crippen LogP contribution in [0.15, 0.2) is 39.9 Å². The normalized spacial score (nSPS) is 18.4. The minimum Gasteiger partial charge on any atom is -0.388 e. The summed E-state index contributed by atoms with van der Waals surface area (Å²) in [6, 6.07) is 9.60. The van der Waals surface area contributed by atoms with E-state index in [-0.39, 0.29) is 35.9 Å². The summed E-state index contributed by atoms with van der Waals surface area (Å²) in [4.78, 5) is 45.1. The summed E-state index contributed by atoms with van der Waals surface area (Å²) in [5.74, 6) is 0.0503. The standard InChI is InChI=1S/C27H39N5O4/c1-2-3-15-31-25(28)23(26(35)29-27(31)36)32(21-11-7-8-12-21)22(33)18-30-16-13-20(14-17-30)24(34)19-9-5-4-6-10-19/h4-6,9-10,20-21,24,34H,2-3,7-8,11-18,28H2,1H3,(H,29,35,36)/t24-/m1/s1. The van der Waals surface area contributed by atoms with Crippen LogP contribution in [0.5, 0.6) is 0 Å². The highest BCUT2D eigenvalue weighted by atomic mass is 16.3. The molecule has 2 aliphatic rings. The van der Waals surface area contributed by atoms with E-state index in [1.807, 2.05) is 37.3 Å². The summed E-state index contributed by atoms with van der Waals surface area (Å²) in [6.07, 6.45) is 6.29. The maximum atomic E-state index is 13.7. The molecule has 1 amide bonds. The number of nitrogens with zero attached hydrogens (tertiary/aromatic N) is 3. The molecular formula is C27H39N5O4. The van der Waals surface area contributed by atoms with Crippen molar-refractivity contribution in [3.63, 3.8) is 0 Å². The topological polar surface area (TPSA) is 125 Å². The minimum absolute atomic E-state index is 0.0714. The molecule has 1 aromatic carbocycles. The summed E-state index contributed by atoms with van der Waals surface area (Å²) in [7, 11) is 0. The number of nitrogens with two attached hydrogens (primary N) is 1. The Kier molecular flexibility index (Phi) is 8.64. The van der Waals surface area contributed by atoms with Crippen molar-refractivity contribution < 1.29 is 9.90 Å². The molecule has 1 aliphatic carbocycles. The first-order valence-corrected chi connectivity index (χ1v) is 13.3. The molecule has 9 nitrogen and oxygen atoms in total. The predicted octanol–water partition coefficient (Wildman–Crippen LogP) is 2.64. The Morgan fingerprint density at radius 3 is 2.44 bits per heavy atom. The molecule has 0 radical (unpaired) electrons. The molecule has 2 heterocycles. The maximum Gasteiger partial charge on any atom is 0.330 e. The molecule has 0 unspecified atom stereocenters. The van der Waals surface area contributed by atoms with Crippen LogP contribution in [0.3, 0.4) is 0 Å². The largest absolute Gasteiger partial charge is 0.388 e. The third-order valence-corrected chi connectivity index (χ3v) is 7.73. The Bertz CT molecular complexity index is 1130. The van der Waals surface area contributed by atoms with Crippen molar-refractivity contribution >= 4 is 17.4 Å². The summed E-state index contributed by atoms with van der Waals surface area (Å²) >= 11 is 0. The van der Waals surface area contributed by atoms with E-state index in [1.54, 1.807) is 4.90 Å². The van der Waals surface area contributed by atoms with Gasteiger partial charge in [0.15, 0.2) is 5.69 Å². The number of nitrogens with one attached hydrogen (secondary N) is 1. The van der Waals surface area contributed by atoms with E-state index in [4.69, 9.17) is 5.73 Å². The quantitative estimate of drug-likeness (QED) is 0.489. The van der Waals surface area contributed by atoms with Crippen molar-refractivity contribution in [3.8, 4) is 0 Å². The number of likely N-dealkylation sites (tertiary alicyclic amines) is 1. The first-order chi connectivity index (χ1) is 17.4. The fourth-order valence-corrected chi connectivity index (χ4v) is 5.64. The Hall–Kier alpha value is -2.91. The van der Waals surface area contributed by atoms with E-state index in [1.165, 1.54) is 4.57 Å². The van der Waals surface area contributed by atoms with Crippen molar-refractivity contribution in [2.75, 3.05) is 30.3 Å². The van der Waals surface area contributed by atoms with Gasteiger partial charge in [0.05, 0.1) is 12.6 Å². The third-order valence-electron chi connectivity index (χ3n) is 7.73. The molecule has 0 bridgehead atoms. The number of unbranched alkanes of at least 4 members (excludes halogenated alkanes) is 1. The van der Waals surface area contributed by atoms with E-state index in [9.17, 15) is 19.5 Å². The average Bonchev–Trinajstić information content (AvgIpc) is 3.41. The van der Waals surface area contributed by atoms with Crippen molar-refractivity contribution in [2.24, 2.45) is 5.92 Å². The van der Waals surface area contributed by atoms with Crippen LogP contribution in [0.4, 0.5) is 11.5 Å². The Labute approximate surface area is 211 Å². The molecule has 1 atom stereocenters. The molecule has 9 heteroatoms. The second kappa shape index (κ2) is 11.9. The molecule has 1 aliphatic heterocycles. The Balaban J connectivity index is 1.50. The first-order valence-electron chi connectivity index (χ1n) is 13.3. The highest BCUT2D eigenvalue weighted by Gasteiger charge is 2.34. The summed E-state index contributed by atoms with van der Waals surface area (Å²) in [6.45, 7) is 3.98. The van der Waals surface area contributed by atoms with Gasteiger partial charge in [0.1, 0.15) is 5.82 Å². The molecule has 2 fully saturated rings. The average molecular weight is 498 g/mol. The minimum atomic E-state index is -0.602. The number of hydrogen-bond acceptors (Lipinski definition) is 6. The van der Waals surface area contributed by atoms with Gasteiger partial charge in [-0.2, -0.15) is 0 Å². The number of carbonyl (C=O) groups excluding carboxylic acids is 1. The van der Waals surface area contributed by atoms with Gasteiger partial charge in [0.25, 0.3) is 5.56 Å². The van der Waals surface area contributed by atoms with Crippen molar-refractivity contribution in [1.29, 1.82) is 0 Å². The highest BCUT2D eigenvalue weighted by Crippen LogP contribution is 2.32. The zero-order valence-corrected chi connectivity index (χ0v) is 21.2. The molecule has 0 spiro atoms. The van der Waals surface area contributed by atoms with E-state index in [2.05, 4.69) is 9.88 Å². The Morgan fingerprint density at radius 1 is 1.14 bits per heavy atom. The van der Waals surface area contributed by atoms with Crippen LogP contribution in [-0.4, -0.2) is 51.1 Å². The highest BCUT2D eigenvalue weighted by molar-refractivity contribution is 5.97. The first kappa shape index (κ1) is 26.2. The number of benzene rings is 1. The lowest BCUT2D eigenvalue weighted by Gasteiger charge is -2.36. The van der Waals surface area contributed by atoms with E-state index < -0.39 is 17.4 Å². The number of piperidine rings is 1. The summed E-state index contributed by atoms with van der Waals surface area (Å²) in [5, 5.41) is 10.8. The Morgan fingerprint density at radius 2 is 1.81 bits per heavy atom. The summed E-state index contributed by atoms with van der Waals surface area (Å²) in [5.41, 5.74) is 6.28. The van der Waals surface area contributed by atoms with Crippen LogP contribution in [0.1, 0.15) is 70.0 Å². The van der Waals surface area contributed by atoms with Gasteiger partial charge in [-0.15, -0.1) is 0 Å². The van der Waals surface area contributed by atoms with Crippen molar-refractivity contribution in [1.82, 2.24) is 14.5 Å². The van der Waals surface area contributed by atoms with Gasteiger partial charge >= 0.3 is 5.69 Å². The second-order valence-electron chi connectivity index (χ2n) is 10.2. The number of hydrogen-bond donors (Lipinski definition) is 3. The van der Waals surface area contributed by atoms with Gasteiger partial charge in [-0.3, -0.25) is 24.0 Å². The molecule has 1 saturated heterocycles. The molecule has 196 valence electrons. The van der Waals surface area contributed by atoms with E-state index >= 15 is 0 Å². The van der Waals surface area contributed by atoms with E-state index in [0.29, 0.717) is 19.6 Å². The monoisotopic (exact) mass is 497 g/mol. The number of H-pyrrole nitrogens is 1. The number of aromatic nitrogens is 2. The lowest BCUT2D eigenvalue weighted by molar-refractivity contribution is -0.120. The summed E-state index contributed by atoms with van der Waals surface area (Å²) < 4.78 is 1.38. The van der Waals surface area contributed by atoms with Gasteiger partial charge < -0.3 is 15.7 Å². The molecule has 1 saturated carbocycles. The lowest BCUT2D eigenvalue weighted by Crippen LogP contribution is -2.50. The van der Waals surface area contributed by atoms with Crippen molar-refractivity contribution in [3.05, 3.63) is 56.7 Å². The van der Waals surface area contributed by atoms with E-state index in [0.717, 1.165) is 56.9 Å². The van der Waals surface area contributed by atoms with Gasteiger partial charge in [0.2, 0.25) is 5.91 Å². The van der Waals surface area contributed by atoms with Crippen molar-refractivity contribution in [2.45, 2.75) is 77.0 Å². The van der Waals surface area contributed by atoms with Gasteiger partial charge in [0, 0.05) is 12.6 Å². The zero-order chi connectivity index (χ0) is 25.7. The van der Waals surface area contributed by atoms with Gasteiger partial charge in [-0.1, -0.05) is 56.5 Å². The number of aliphatic hydroxyl groups is 1. The number of carbonyl (C=O) groups is 1. The number of rotatable bonds is 9. The molecule has 36 heavy (non-hydrogen) atoms.